The highest BCUT2D eigenvalue weighted by Crippen LogP contribution is 2.44. The second-order valence-electron chi connectivity index (χ2n) is 3.29. The fraction of sp³-hybridized carbons (Fsp3) is 0.167. The summed E-state index contributed by atoms with van der Waals surface area (Å²) in [4.78, 5) is 0. The van der Waals surface area contributed by atoms with E-state index in [0.717, 1.165) is 17.6 Å². The standard InChI is InChI=1S/C12H11Cl/c1-3-9-5-4-6-10-11(13)7-8(2)12(9)10/h3-6,11H,1-2,7H2. The van der Waals surface area contributed by atoms with Gasteiger partial charge in [0, 0.05) is 0 Å². The molecule has 0 fully saturated rings. The van der Waals surface area contributed by atoms with E-state index in [1.54, 1.807) is 0 Å². The topological polar surface area (TPSA) is 0 Å². The Kier molecular flexibility index (Phi) is 2.01. The van der Waals surface area contributed by atoms with Crippen molar-refractivity contribution in [2.75, 3.05) is 0 Å². The molecule has 1 aromatic carbocycles. The van der Waals surface area contributed by atoms with Gasteiger partial charge >= 0.3 is 0 Å². The number of benzene rings is 1. The molecule has 66 valence electrons. The van der Waals surface area contributed by atoms with Crippen molar-refractivity contribution in [3.8, 4) is 0 Å². The van der Waals surface area contributed by atoms with Crippen molar-refractivity contribution in [3.63, 3.8) is 0 Å². The zero-order chi connectivity index (χ0) is 9.42. The van der Waals surface area contributed by atoms with Gasteiger partial charge in [0.15, 0.2) is 0 Å². The second kappa shape index (κ2) is 3.04. The quantitative estimate of drug-likeness (QED) is 0.587. The third kappa shape index (κ3) is 1.22. The van der Waals surface area contributed by atoms with Crippen LogP contribution in [0.15, 0.2) is 31.4 Å². The first kappa shape index (κ1) is 8.58. The van der Waals surface area contributed by atoms with Crippen molar-refractivity contribution in [3.05, 3.63) is 48.0 Å². The van der Waals surface area contributed by atoms with Gasteiger partial charge in [0.2, 0.25) is 0 Å². The third-order valence-electron chi connectivity index (χ3n) is 2.47. The number of hydrogen-bond acceptors (Lipinski definition) is 0. The molecule has 0 N–H and O–H groups in total. The molecule has 0 aromatic heterocycles. The van der Waals surface area contributed by atoms with E-state index in [0.29, 0.717) is 0 Å². The average Bonchev–Trinajstić information content (AvgIpc) is 2.43. The molecule has 0 amide bonds. The lowest BCUT2D eigenvalue weighted by atomic mass is 10.0. The minimum absolute atomic E-state index is 0.0994. The van der Waals surface area contributed by atoms with Gasteiger partial charge in [-0.2, -0.15) is 0 Å². The molecule has 0 aliphatic heterocycles. The van der Waals surface area contributed by atoms with Crippen molar-refractivity contribution in [2.24, 2.45) is 0 Å². The zero-order valence-corrected chi connectivity index (χ0v) is 8.14. The van der Waals surface area contributed by atoms with Crippen LogP contribution in [0.1, 0.15) is 28.5 Å². The van der Waals surface area contributed by atoms with Crippen molar-refractivity contribution >= 4 is 23.3 Å². The Labute approximate surface area is 83.5 Å². The smallest absolute Gasteiger partial charge is 0.0631 e. The van der Waals surface area contributed by atoms with Gasteiger partial charge in [-0.1, -0.05) is 37.4 Å². The number of hydrogen-bond donors (Lipinski definition) is 0. The van der Waals surface area contributed by atoms with Crippen molar-refractivity contribution in [1.29, 1.82) is 0 Å². The summed E-state index contributed by atoms with van der Waals surface area (Å²) in [6, 6.07) is 6.13. The molecular weight excluding hydrogens is 180 g/mol. The number of fused-ring (bicyclic) bond motifs is 1. The Morgan fingerprint density at radius 2 is 2.23 bits per heavy atom. The van der Waals surface area contributed by atoms with Crippen LogP contribution in [0.4, 0.5) is 0 Å². The maximum atomic E-state index is 6.17. The van der Waals surface area contributed by atoms with Gasteiger partial charge < -0.3 is 0 Å². The van der Waals surface area contributed by atoms with Crippen LogP contribution in [0.25, 0.3) is 11.6 Å². The first-order valence-electron chi connectivity index (χ1n) is 4.31. The Hall–Kier alpha value is -1.01. The van der Waals surface area contributed by atoms with Gasteiger partial charge in [0.05, 0.1) is 5.38 Å². The molecule has 1 aliphatic carbocycles. The lowest BCUT2D eigenvalue weighted by Gasteiger charge is -2.04. The van der Waals surface area contributed by atoms with Gasteiger partial charge in [-0.15, -0.1) is 11.6 Å². The van der Waals surface area contributed by atoms with Crippen molar-refractivity contribution in [2.45, 2.75) is 11.8 Å². The highest BCUT2D eigenvalue weighted by Gasteiger charge is 2.24. The summed E-state index contributed by atoms with van der Waals surface area (Å²) in [5.41, 5.74) is 4.68. The van der Waals surface area contributed by atoms with Crippen LogP contribution >= 0.6 is 11.6 Å². The number of rotatable bonds is 1. The molecule has 0 saturated carbocycles. The van der Waals surface area contributed by atoms with Gasteiger partial charge in [-0.25, -0.2) is 0 Å². The highest BCUT2D eigenvalue weighted by atomic mass is 35.5. The van der Waals surface area contributed by atoms with Crippen LogP contribution in [0.3, 0.4) is 0 Å². The van der Waals surface area contributed by atoms with E-state index < -0.39 is 0 Å². The van der Waals surface area contributed by atoms with E-state index in [9.17, 15) is 0 Å². The van der Waals surface area contributed by atoms with Gasteiger partial charge in [0.25, 0.3) is 0 Å². The molecule has 1 heteroatoms. The van der Waals surface area contributed by atoms with Crippen LogP contribution < -0.4 is 0 Å². The predicted molar refractivity (Wildman–Crippen MR) is 58.8 cm³/mol. The molecule has 2 rings (SSSR count). The second-order valence-corrected chi connectivity index (χ2v) is 3.82. The monoisotopic (exact) mass is 190 g/mol. The van der Waals surface area contributed by atoms with E-state index in [1.807, 2.05) is 18.2 Å². The predicted octanol–water partition coefficient (Wildman–Crippen LogP) is 4.03. The summed E-state index contributed by atoms with van der Waals surface area (Å²) in [6.07, 6.45) is 2.72. The summed E-state index contributed by atoms with van der Waals surface area (Å²) >= 11 is 6.17. The van der Waals surface area contributed by atoms with Crippen LogP contribution in [0.2, 0.25) is 0 Å². The van der Waals surface area contributed by atoms with E-state index in [1.165, 1.54) is 11.1 Å². The first-order valence-corrected chi connectivity index (χ1v) is 4.75. The zero-order valence-electron chi connectivity index (χ0n) is 7.39. The maximum absolute atomic E-state index is 6.17. The summed E-state index contributed by atoms with van der Waals surface area (Å²) in [5.74, 6) is 0. The van der Waals surface area contributed by atoms with Gasteiger partial charge in [0.1, 0.15) is 0 Å². The number of alkyl halides is 1. The fourth-order valence-corrected chi connectivity index (χ4v) is 2.22. The largest absolute Gasteiger partial charge is 0.117 e. The van der Waals surface area contributed by atoms with E-state index >= 15 is 0 Å². The average molecular weight is 191 g/mol. The number of allylic oxidation sites excluding steroid dienone is 1. The van der Waals surface area contributed by atoms with Crippen LogP contribution in [-0.2, 0) is 0 Å². The highest BCUT2D eigenvalue weighted by molar-refractivity contribution is 6.22. The lowest BCUT2D eigenvalue weighted by molar-refractivity contribution is 1.03. The SMILES string of the molecule is C=Cc1cccc2c1C(=C)CC2Cl. The maximum Gasteiger partial charge on any atom is 0.0631 e. The minimum Gasteiger partial charge on any atom is -0.117 e. The molecule has 13 heavy (non-hydrogen) atoms. The Morgan fingerprint density at radius 1 is 1.46 bits per heavy atom. The summed E-state index contributed by atoms with van der Waals surface area (Å²) in [6.45, 7) is 7.81. The molecule has 1 atom stereocenters. The molecule has 1 unspecified atom stereocenters. The molecule has 1 aliphatic rings. The molecule has 0 radical (unpaired) electrons. The summed E-state index contributed by atoms with van der Waals surface area (Å²) in [5, 5.41) is 0.0994. The number of halogens is 1. The first-order chi connectivity index (χ1) is 6.24. The molecule has 0 saturated heterocycles. The van der Waals surface area contributed by atoms with E-state index in [2.05, 4.69) is 19.2 Å². The molecular formula is C12H11Cl. The molecule has 1 aromatic rings. The normalized spacial score (nSPS) is 20.1. The van der Waals surface area contributed by atoms with E-state index in [4.69, 9.17) is 11.6 Å². The molecule has 0 nitrogen and oxygen atoms in total. The van der Waals surface area contributed by atoms with Crippen LogP contribution in [-0.4, -0.2) is 0 Å². The Morgan fingerprint density at radius 3 is 2.92 bits per heavy atom. The molecule has 0 bridgehead atoms. The van der Waals surface area contributed by atoms with Crippen molar-refractivity contribution in [1.82, 2.24) is 0 Å². The molecule has 0 spiro atoms. The Balaban J connectivity index is 2.68. The van der Waals surface area contributed by atoms with Crippen LogP contribution in [0.5, 0.6) is 0 Å². The van der Waals surface area contributed by atoms with Crippen molar-refractivity contribution < 1.29 is 0 Å². The third-order valence-corrected chi connectivity index (χ3v) is 2.85. The summed E-state index contributed by atoms with van der Waals surface area (Å²) < 4.78 is 0. The van der Waals surface area contributed by atoms with E-state index in [-0.39, 0.29) is 5.38 Å². The minimum atomic E-state index is 0.0994. The van der Waals surface area contributed by atoms with Gasteiger partial charge in [-0.3, -0.25) is 0 Å². The fourth-order valence-electron chi connectivity index (χ4n) is 1.86. The lowest BCUT2D eigenvalue weighted by Crippen LogP contribution is -1.86. The summed E-state index contributed by atoms with van der Waals surface area (Å²) in [7, 11) is 0. The van der Waals surface area contributed by atoms with Gasteiger partial charge in [-0.05, 0) is 28.7 Å². The molecule has 0 heterocycles. The van der Waals surface area contributed by atoms with Crippen LogP contribution in [0, 0.1) is 0 Å². The Bertz CT molecular complexity index is 377.